The van der Waals surface area contributed by atoms with Gasteiger partial charge in [-0.25, -0.2) is 4.79 Å². The fourth-order valence-electron chi connectivity index (χ4n) is 5.48. The first-order chi connectivity index (χ1) is 15.8. The molecule has 176 valence electrons. The number of benzene rings is 1. The number of nitrogens with zero attached hydrogens (tertiary/aromatic N) is 4. The summed E-state index contributed by atoms with van der Waals surface area (Å²) in [5.74, 6) is 0.530. The molecule has 3 aliphatic heterocycles. The monoisotopic (exact) mass is 450 g/mol. The molecular formula is C26H34N4O3. The summed E-state index contributed by atoms with van der Waals surface area (Å²) in [6.45, 7) is 9.87. The fraction of sp³-hybridized carbons (Fsp3) is 0.577. The summed E-state index contributed by atoms with van der Waals surface area (Å²) in [7, 11) is 0. The Morgan fingerprint density at radius 3 is 2.61 bits per heavy atom. The van der Waals surface area contributed by atoms with E-state index in [0.29, 0.717) is 25.0 Å². The summed E-state index contributed by atoms with van der Waals surface area (Å²) in [5, 5.41) is 0. The molecule has 3 saturated heterocycles. The molecule has 0 N–H and O–H groups in total. The molecule has 1 spiro atoms. The van der Waals surface area contributed by atoms with Crippen molar-refractivity contribution in [2.75, 3.05) is 32.8 Å². The molecule has 0 bridgehead atoms. The lowest BCUT2D eigenvalue weighted by Gasteiger charge is -2.47. The molecule has 1 aromatic carbocycles. The number of hydrogen-bond acceptors (Lipinski definition) is 6. The Labute approximate surface area is 196 Å². The van der Waals surface area contributed by atoms with Crippen LogP contribution in [-0.2, 0) is 9.47 Å². The Kier molecular flexibility index (Phi) is 5.87. The van der Waals surface area contributed by atoms with E-state index in [0.717, 1.165) is 44.7 Å². The molecule has 33 heavy (non-hydrogen) atoms. The molecule has 0 saturated carbocycles. The van der Waals surface area contributed by atoms with Crippen LogP contribution in [-0.4, -0.2) is 75.9 Å². The molecule has 0 unspecified atom stereocenters. The highest BCUT2D eigenvalue weighted by molar-refractivity contribution is 5.69. The van der Waals surface area contributed by atoms with Gasteiger partial charge in [-0.2, -0.15) is 0 Å². The normalized spacial score (nSPS) is 23.5. The molecule has 7 heteroatoms. The first-order valence-electron chi connectivity index (χ1n) is 12.0. The lowest BCUT2D eigenvalue weighted by atomic mass is 9.84. The number of ether oxygens (including phenoxy) is 2. The van der Waals surface area contributed by atoms with Gasteiger partial charge in [0.05, 0.1) is 31.6 Å². The Hall–Kier alpha value is -2.51. The van der Waals surface area contributed by atoms with Crippen molar-refractivity contribution in [3.8, 4) is 11.3 Å². The van der Waals surface area contributed by atoms with Crippen LogP contribution in [0.4, 0.5) is 4.79 Å². The van der Waals surface area contributed by atoms with Crippen molar-refractivity contribution in [2.45, 2.75) is 63.2 Å². The van der Waals surface area contributed by atoms with Crippen LogP contribution in [0.2, 0.25) is 0 Å². The third-order valence-corrected chi connectivity index (χ3v) is 7.08. The molecule has 3 fully saturated rings. The summed E-state index contributed by atoms with van der Waals surface area (Å²) < 4.78 is 11.7. The zero-order chi connectivity index (χ0) is 23.1. The third-order valence-electron chi connectivity index (χ3n) is 7.08. The van der Waals surface area contributed by atoms with Crippen molar-refractivity contribution in [3.05, 3.63) is 48.4 Å². The van der Waals surface area contributed by atoms with Gasteiger partial charge in [-0.05, 0) is 64.6 Å². The summed E-state index contributed by atoms with van der Waals surface area (Å²) >= 11 is 0. The molecule has 3 aliphatic rings. The Bertz CT molecular complexity index is 977. The maximum Gasteiger partial charge on any atom is 0.410 e. The van der Waals surface area contributed by atoms with Crippen LogP contribution in [0.25, 0.3) is 11.3 Å². The minimum absolute atomic E-state index is 0.184. The van der Waals surface area contributed by atoms with Crippen LogP contribution in [0.3, 0.4) is 0 Å². The summed E-state index contributed by atoms with van der Waals surface area (Å²) in [6, 6.07) is 9.05. The molecule has 0 aliphatic carbocycles. The average Bonchev–Trinajstić information content (AvgIpc) is 3.24. The summed E-state index contributed by atoms with van der Waals surface area (Å²) in [4.78, 5) is 25.4. The lowest BCUT2D eigenvalue weighted by molar-refractivity contribution is -0.109. The van der Waals surface area contributed by atoms with Crippen LogP contribution in [0.15, 0.2) is 42.9 Å². The van der Waals surface area contributed by atoms with E-state index in [1.807, 2.05) is 27.0 Å². The third kappa shape index (κ3) is 4.75. The lowest BCUT2D eigenvalue weighted by Crippen LogP contribution is -2.64. The number of aromatic nitrogens is 2. The van der Waals surface area contributed by atoms with Crippen LogP contribution in [0.5, 0.6) is 0 Å². The predicted octanol–water partition coefficient (Wildman–Crippen LogP) is 4.10. The van der Waals surface area contributed by atoms with Crippen LogP contribution in [0.1, 0.15) is 51.5 Å². The molecule has 7 nitrogen and oxygen atoms in total. The number of piperidine rings is 1. The van der Waals surface area contributed by atoms with Crippen molar-refractivity contribution < 1.29 is 14.3 Å². The second kappa shape index (κ2) is 8.69. The fourth-order valence-corrected chi connectivity index (χ4v) is 5.48. The van der Waals surface area contributed by atoms with Gasteiger partial charge >= 0.3 is 6.09 Å². The first-order valence-corrected chi connectivity index (χ1v) is 12.0. The van der Waals surface area contributed by atoms with Gasteiger partial charge in [-0.3, -0.25) is 14.9 Å². The number of amides is 1. The number of rotatable bonds is 3. The van der Waals surface area contributed by atoms with E-state index in [2.05, 4.69) is 39.1 Å². The van der Waals surface area contributed by atoms with Gasteiger partial charge in [0.25, 0.3) is 0 Å². The molecule has 1 aromatic heterocycles. The van der Waals surface area contributed by atoms with Crippen molar-refractivity contribution >= 4 is 6.09 Å². The van der Waals surface area contributed by atoms with Gasteiger partial charge < -0.3 is 14.4 Å². The van der Waals surface area contributed by atoms with Gasteiger partial charge in [-0.1, -0.05) is 24.3 Å². The highest BCUT2D eigenvalue weighted by atomic mass is 16.6. The average molecular weight is 451 g/mol. The smallest absolute Gasteiger partial charge is 0.410 e. The van der Waals surface area contributed by atoms with Gasteiger partial charge in [0.1, 0.15) is 11.2 Å². The Morgan fingerprint density at radius 2 is 1.91 bits per heavy atom. The zero-order valence-electron chi connectivity index (χ0n) is 19.9. The quantitative estimate of drug-likeness (QED) is 0.701. The maximum absolute atomic E-state index is 12.3. The van der Waals surface area contributed by atoms with Crippen molar-refractivity contribution in [2.24, 2.45) is 0 Å². The summed E-state index contributed by atoms with van der Waals surface area (Å²) in [5.41, 5.74) is 2.88. The van der Waals surface area contributed by atoms with E-state index < -0.39 is 5.60 Å². The van der Waals surface area contributed by atoms with E-state index >= 15 is 0 Å². The van der Waals surface area contributed by atoms with Crippen molar-refractivity contribution in [1.82, 2.24) is 19.8 Å². The second-order valence-electron chi connectivity index (χ2n) is 10.7. The van der Waals surface area contributed by atoms with Gasteiger partial charge in [0, 0.05) is 24.0 Å². The van der Waals surface area contributed by atoms with Gasteiger partial charge in [-0.15, -0.1) is 0 Å². The number of hydrogen-bond donors (Lipinski definition) is 0. The van der Waals surface area contributed by atoms with E-state index in [1.54, 1.807) is 17.3 Å². The largest absolute Gasteiger partial charge is 0.444 e. The van der Waals surface area contributed by atoms with Crippen LogP contribution >= 0.6 is 0 Å². The molecule has 4 heterocycles. The Morgan fingerprint density at radius 1 is 1.15 bits per heavy atom. The molecule has 0 radical (unpaired) electrons. The topological polar surface area (TPSA) is 67.8 Å². The SMILES string of the molecule is CC(C)(C)OC(=O)N1CC2(C[C@H](N3CCC(c4ccccc4-c4cnccn4)CC3)CO2)C1. The predicted molar refractivity (Wildman–Crippen MR) is 126 cm³/mol. The standard InChI is InChI=1S/C26H34N4O3/c1-25(2,3)33-24(31)30-17-26(18-30)14-20(16-32-26)29-12-8-19(9-13-29)21-6-4-5-7-22(21)23-15-27-10-11-28-23/h4-7,10-11,15,19-20H,8-9,12-14,16-18H2,1-3H3/t20-/m0/s1. The van der Waals surface area contributed by atoms with E-state index in [1.165, 1.54) is 11.1 Å². The first kappa shape index (κ1) is 22.3. The van der Waals surface area contributed by atoms with Crippen LogP contribution < -0.4 is 0 Å². The molecular weight excluding hydrogens is 416 g/mol. The molecule has 1 amide bonds. The van der Waals surface area contributed by atoms with E-state index in [-0.39, 0.29) is 11.7 Å². The summed E-state index contributed by atoms with van der Waals surface area (Å²) in [6.07, 6.45) is 8.35. The van der Waals surface area contributed by atoms with Crippen molar-refractivity contribution in [3.63, 3.8) is 0 Å². The zero-order valence-corrected chi connectivity index (χ0v) is 19.9. The number of likely N-dealkylation sites (tertiary alicyclic amines) is 2. The minimum Gasteiger partial charge on any atom is -0.444 e. The van der Waals surface area contributed by atoms with E-state index in [4.69, 9.17) is 9.47 Å². The maximum atomic E-state index is 12.3. The highest BCUT2D eigenvalue weighted by Gasteiger charge is 2.53. The molecule has 5 rings (SSSR count). The number of carbonyl (C=O) groups excluding carboxylic acids is 1. The second-order valence-corrected chi connectivity index (χ2v) is 10.7. The van der Waals surface area contributed by atoms with E-state index in [9.17, 15) is 4.79 Å². The van der Waals surface area contributed by atoms with Crippen LogP contribution in [0, 0.1) is 0 Å². The molecule has 1 atom stereocenters. The highest BCUT2D eigenvalue weighted by Crippen LogP contribution is 2.40. The van der Waals surface area contributed by atoms with Gasteiger partial charge in [0.2, 0.25) is 0 Å². The molecule has 2 aromatic rings. The van der Waals surface area contributed by atoms with Gasteiger partial charge in [0.15, 0.2) is 0 Å². The Balaban J connectivity index is 1.16. The number of carbonyl (C=O) groups is 1. The minimum atomic E-state index is -0.463. The van der Waals surface area contributed by atoms with Crippen molar-refractivity contribution in [1.29, 1.82) is 0 Å².